The van der Waals surface area contributed by atoms with Gasteiger partial charge in [-0.3, -0.25) is 4.98 Å². The predicted octanol–water partition coefficient (Wildman–Crippen LogP) is 2.93. The number of nitrogens with one attached hydrogen (secondary N) is 1. The molecule has 0 aliphatic rings. The van der Waals surface area contributed by atoms with E-state index in [1.165, 1.54) is 5.56 Å². The van der Waals surface area contributed by atoms with E-state index in [9.17, 15) is 0 Å². The van der Waals surface area contributed by atoms with Crippen LogP contribution in [0.4, 0.5) is 0 Å². The largest absolute Gasteiger partial charge is 0.346 e. The molecule has 0 radical (unpaired) electrons. The maximum absolute atomic E-state index is 4.44. The highest BCUT2D eigenvalue weighted by atomic mass is 14.8. The van der Waals surface area contributed by atoms with Crippen molar-refractivity contribution in [2.45, 2.75) is 6.92 Å². The Morgan fingerprint density at radius 3 is 2.88 bits per heavy atom. The molecule has 0 amide bonds. The maximum Gasteiger partial charge on any atom is 0.137 e. The fourth-order valence-electron chi connectivity index (χ4n) is 1.94. The molecule has 1 N–H and O–H groups in total. The zero-order valence-electron chi connectivity index (χ0n) is 8.94. The molecule has 3 aromatic heterocycles. The van der Waals surface area contributed by atoms with Gasteiger partial charge in [0.25, 0.3) is 0 Å². The standard InChI is InChI=1S/C13H11N3/c1-9-3-2-6-14-12(9)10-4-7-15-13-11(10)5-8-16-13/h2-8H,1H3,(H,15,16). The third-order valence-corrected chi connectivity index (χ3v) is 2.72. The Morgan fingerprint density at radius 1 is 1.06 bits per heavy atom. The van der Waals surface area contributed by atoms with Crippen LogP contribution in [0.3, 0.4) is 0 Å². The van der Waals surface area contributed by atoms with Gasteiger partial charge >= 0.3 is 0 Å². The minimum absolute atomic E-state index is 0.905. The molecule has 0 aliphatic heterocycles. The normalized spacial score (nSPS) is 10.8. The molecule has 78 valence electrons. The van der Waals surface area contributed by atoms with Gasteiger partial charge in [-0.05, 0) is 30.7 Å². The summed E-state index contributed by atoms with van der Waals surface area (Å²) in [5.74, 6) is 0. The van der Waals surface area contributed by atoms with Gasteiger partial charge in [0.2, 0.25) is 0 Å². The van der Waals surface area contributed by atoms with Crippen LogP contribution in [0.25, 0.3) is 22.3 Å². The van der Waals surface area contributed by atoms with Crippen LogP contribution in [0, 0.1) is 6.92 Å². The highest BCUT2D eigenvalue weighted by Crippen LogP contribution is 2.27. The Hall–Kier alpha value is -2.16. The number of aromatic nitrogens is 3. The average Bonchev–Trinajstić information content (AvgIpc) is 2.77. The number of hydrogen-bond acceptors (Lipinski definition) is 2. The maximum atomic E-state index is 4.44. The number of pyridine rings is 2. The third kappa shape index (κ3) is 1.29. The Labute approximate surface area is 93.2 Å². The summed E-state index contributed by atoms with van der Waals surface area (Å²) in [5.41, 5.74) is 4.23. The van der Waals surface area contributed by atoms with Crippen LogP contribution in [-0.2, 0) is 0 Å². The van der Waals surface area contributed by atoms with Crippen LogP contribution in [0.5, 0.6) is 0 Å². The Balaban J connectivity index is 2.34. The molecule has 3 heterocycles. The van der Waals surface area contributed by atoms with Gasteiger partial charge in [-0.15, -0.1) is 0 Å². The predicted molar refractivity (Wildman–Crippen MR) is 64.1 cm³/mol. The average molecular weight is 209 g/mol. The molecule has 16 heavy (non-hydrogen) atoms. The number of aromatic amines is 1. The first kappa shape index (κ1) is 9.09. The molecule has 0 aromatic carbocycles. The molecule has 3 nitrogen and oxygen atoms in total. The van der Waals surface area contributed by atoms with Gasteiger partial charge < -0.3 is 4.98 Å². The Kier molecular flexibility index (Phi) is 1.96. The second-order valence-electron chi connectivity index (χ2n) is 3.77. The van der Waals surface area contributed by atoms with E-state index in [1.54, 1.807) is 0 Å². The molecule has 0 atom stereocenters. The molecule has 3 rings (SSSR count). The van der Waals surface area contributed by atoms with Gasteiger partial charge in [0.05, 0.1) is 5.69 Å². The number of H-pyrrole nitrogens is 1. The van der Waals surface area contributed by atoms with Crippen LogP contribution >= 0.6 is 0 Å². The van der Waals surface area contributed by atoms with Crippen molar-refractivity contribution in [3.05, 3.63) is 48.4 Å². The lowest BCUT2D eigenvalue weighted by Crippen LogP contribution is -1.88. The van der Waals surface area contributed by atoms with Gasteiger partial charge in [-0.25, -0.2) is 4.98 Å². The van der Waals surface area contributed by atoms with E-state index in [2.05, 4.69) is 27.9 Å². The first-order chi connectivity index (χ1) is 7.86. The number of rotatable bonds is 1. The van der Waals surface area contributed by atoms with Crippen molar-refractivity contribution in [2.24, 2.45) is 0 Å². The molecule has 0 spiro atoms. The lowest BCUT2D eigenvalue weighted by atomic mass is 10.1. The van der Waals surface area contributed by atoms with Crippen molar-refractivity contribution in [1.82, 2.24) is 15.0 Å². The molecule has 0 saturated carbocycles. The SMILES string of the molecule is Cc1cccnc1-c1ccnc2[nH]ccc12. The van der Waals surface area contributed by atoms with Gasteiger partial charge in [0.15, 0.2) is 0 Å². The number of nitrogens with zero attached hydrogens (tertiary/aromatic N) is 2. The van der Waals surface area contributed by atoms with Crippen LogP contribution in [0.2, 0.25) is 0 Å². The lowest BCUT2D eigenvalue weighted by Gasteiger charge is -2.05. The molecule has 3 aromatic rings. The van der Waals surface area contributed by atoms with Crippen molar-refractivity contribution >= 4 is 11.0 Å². The first-order valence-corrected chi connectivity index (χ1v) is 5.20. The van der Waals surface area contributed by atoms with Crippen molar-refractivity contribution in [3.63, 3.8) is 0 Å². The van der Waals surface area contributed by atoms with E-state index in [4.69, 9.17) is 0 Å². The quantitative estimate of drug-likeness (QED) is 0.669. The first-order valence-electron chi connectivity index (χ1n) is 5.20. The van der Waals surface area contributed by atoms with E-state index in [-0.39, 0.29) is 0 Å². The van der Waals surface area contributed by atoms with Crippen molar-refractivity contribution in [3.8, 4) is 11.3 Å². The molecule has 0 aliphatic carbocycles. The second kappa shape index (κ2) is 3.45. The van der Waals surface area contributed by atoms with E-state index in [0.29, 0.717) is 0 Å². The minimum Gasteiger partial charge on any atom is -0.346 e. The number of fused-ring (bicyclic) bond motifs is 1. The summed E-state index contributed by atoms with van der Waals surface area (Å²) in [6.07, 6.45) is 5.53. The molecule has 0 unspecified atom stereocenters. The summed E-state index contributed by atoms with van der Waals surface area (Å²) in [6.45, 7) is 2.07. The number of aryl methyl sites for hydroxylation is 1. The highest BCUT2D eigenvalue weighted by Gasteiger charge is 2.07. The van der Waals surface area contributed by atoms with Gasteiger partial charge in [0, 0.05) is 29.5 Å². The molecule has 0 fully saturated rings. The van der Waals surface area contributed by atoms with E-state index in [1.807, 2.05) is 36.8 Å². The summed E-state index contributed by atoms with van der Waals surface area (Å²) in [5, 5.41) is 1.12. The third-order valence-electron chi connectivity index (χ3n) is 2.72. The molecule has 0 bridgehead atoms. The molecular weight excluding hydrogens is 198 g/mol. The number of hydrogen-bond donors (Lipinski definition) is 1. The minimum atomic E-state index is 0.905. The van der Waals surface area contributed by atoms with Gasteiger partial charge in [0.1, 0.15) is 5.65 Å². The smallest absolute Gasteiger partial charge is 0.137 e. The summed E-state index contributed by atoms with van der Waals surface area (Å²) < 4.78 is 0. The summed E-state index contributed by atoms with van der Waals surface area (Å²) in [7, 11) is 0. The monoisotopic (exact) mass is 209 g/mol. The van der Waals surface area contributed by atoms with E-state index >= 15 is 0 Å². The topological polar surface area (TPSA) is 41.6 Å². The molecular formula is C13H11N3. The summed E-state index contributed by atoms with van der Waals surface area (Å²) in [4.78, 5) is 11.8. The zero-order chi connectivity index (χ0) is 11.0. The van der Waals surface area contributed by atoms with Crippen molar-refractivity contribution < 1.29 is 0 Å². The van der Waals surface area contributed by atoms with E-state index < -0.39 is 0 Å². The molecule has 0 saturated heterocycles. The summed E-state index contributed by atoms with van der Waals surface area (Å²) >= 11 is 0. The fraction of sp³-hybridized carbons (Fsp3) is 0.0769. The van der Waals surface area contributed by atoms with Gasteiger partial charge in [-0.2, -0.15) is 0 Å². The van der Waals surface area contributed by atoms with E-state index in [0.717, 1.165) is 22.3 Å². The highest BCUT2D eigenvalue weighted by molar-refractivity contribution is 5.92. The van der Waals surface area contributed by atoms with Crippen LogP contribution in [0.1, 0.15) is 5.56 Å². The van der Waals surface area contributed by atoms with Crippen LogP contribution < -0.4 is 0 Å². The van der Waals surface area contributed by atoms with Crippen LogP contribution in [-0.4, -0.2) is 15.0 Å². The van der Waals surface area contributed by atoms with Crippen molar-refractivity contribution in [2.75, 3.05) is 0 Å². The summed E-state index contributed by atoms with van der Waals surface area (Å²) in [6, 6.07) is 8.06. The Bertz CT molecular complexity index is 640. The van der Waals surface area contributed by atoms with Crippen molar-refractivity contribution in [1.29, 1.82) is 0 Å². The van der Waals surface area contributed by atoms with Crippen LogP contribution in [0.15, 0.2) is 42.9 Å². The fourth-order valence-corrected chi connectivity index (χ4v) is 1.94. The second-order valence-corrected chi connectivity index (χ2v) is 3.77. The zero-order valence-corrected chi connectivity index (χ0v) is 8.94. The van der Waals surface area contributed by atoms with Gasteiger partial charge in [-0.1, -0.05) is 6.07 Å². The molecule has 3 heteroatoms. The lowest BCUT2D eigenvalue weighted by molar-refractivity contribution is 1.26. The Morgan fingerprint density at radius 2 is 2.00 bits per heavy atom.